The van der Waals surface area contributed by atoms with Crippen LogP contribution in [-0.2, 0) is 14.3 Å². The van der Waals surface area contributed by atoms with Crippen molar-refractivity contribution >= 4 is 34.9 Å². The third-order valence-electron chi connectivity index (χ3n) is 5.24. The van der Waals surface area contributed by atoms with Crippen LogP contribution in [0.25, 0.3) is 17.2 Å². The van der Waals surface area contributed by atoms with Crippen LogP contribution >= 0.6 is 11.8 Å². The summed E-state index contributed by atoms with van der Waals surface area (Å²) >= 11 is 1.38. The Hall–Kier alpha value is -2.86. The fraction of sp³-hybridized carbons (Fsp3) is 0.292. The largest absolute Gasteiger partial charge is 0.466 e. The third-order valence-corrected chi connectivity index (χ3v) is 6.28. The van der Waals surface area contributed by atoms with Gasteiger partial charge < -0.3 is 9.64 Å². The molecule has 2 aromatic rings. The first kappa shape index (κ1) is 20.4. The molecule has 154 valence electrons. The lowest BCUT2D eigenvalue weighted by atomic mass is 9.99. The van der Waals surface area contributed by atoms with Crippen molar-refractivity contribution in [2.24, 2.45) is 10.9 Å². The first-order valence-electron chi connectivity index (χ1n) is 10.2. The molecule has 0 aliphatic carbocycles. The summed E-state index contributed by atoms with van der Waals surface area (Å²) in [5.41, 5.74) is 3.26. The highest BCUT2D eigenvalue weighted by Crippen LogP contribution is 2.32. The van der Waals surface area contributed by atoms with Crippen LogP contribution in [0.4, 0.5) is 0 Å². The number of nitrogens with zero attached hydrogens (tertiary/aromatic N) is 2. The highest BCUT2D eigenvalue weighted by molar-refractivity contribution is 8.18. The zero-order valence-corrected chi connectivity index (χ0v) is 17.7. The molecule has 6 heteroatoms. The predicted molar refractivity (Wildman–Crippen MR) is 121 cm³/mol. The molecule has 0 N–H and O–H groups in total. The van der Waals surface area contributed by atoms with Gasteiger partial charge in [0.1, 0.15) is 0 Å². The van der Waals surface area contributed by atoms with Crippen molar-refractivity contribution < 1.29 is 14.3 Å². The van der Waals surface area contributed by atoms with E-state index in [0.717, 1.165) is 36.1 Å². The van der Waals surface area contributed by atoms with Crippen LogP contribution in [-0.4, -0.2) is 41.6 Å². The molecule has 2 aliphatic heterocycles. The zero-order chi connectivity index (χ0) is 20.9. The Kier molecular flexibility index (Phi) is 6.33. The molecule has 1 atom stereocenters. The number of likely N-dealkylation sites (tertiary alicyclic amines) is 1. The maximum absolute atomic E-state index is 12.4. The average molecular weight is 421 g/mol. The summed E-state index contributed by atoms with van der Waals surface area (Å²) in [6.45, 7) is 3.56. The molecule has 5 nitrogen and oxygen atoms in total. The number of ether oxygens (including phenoxy) is 1. The van der Waals surface area contributed by atoms with E-state index in [2.05, 4.69) is 29.3 Å². The molecule has 4 rings (SSSR count). The van der Waals surface area contributed by atoms with Crippen LogP contribution < -0.4 is 0 Å². The smallest absolute Gasteiger partial charge is 0.310 e. The maximum Gasteiger partial charge on any atom is 0.310 e. The monoisotopic (exact) mass is 420 g/mol. The van der Waals surface area contributed by atoms with Crippen molar-refractivity contribution in [1.29, 1.82) is 0 Å². The van der Waals surface area contributed by atoms with Crippen molar-refractivity contribution in [2.45, 2.75) is 19.8 Å². The predicted octanol–water partition coefficient (Wildman–Crippen LogP) is 4.60. The molecule has 0 saturated carbocycles. The lowest BCUT2D eigenvalue weighted by molar-refractivity contribution is -0.149. The number of hydrogen-bond acceptors (Lipinski definition) is 5. The summed E-state index contributed by atoms with van der Waals surface area (Å²) in [6.07, 6.45) is 3.58. The summed E-state index contributed by atoms with van der Waals surface area (Å²) in [4.78, 5) is 31.4. The highest BCUT2D eigenvalue weighted by Gasteiger charge is 2.32. The number of hydrogen-bond donors (Lipinski definition) is 0. The lowest BCUT2D eigenvalue weighted by Gasteiger charge is -2.32. The Morgan fingerprint density at radius 1 is 1.17 bits per heavy atom. The zero-order valence-electron chi connectivity index (χ0n) is 16.9. The molecule has 1 unspecified atom stereocenters. The van der Waals surface area contributed by atoms with Crippen molar-refractivity contribution in [3.8, 4) is 11.1 Å². The normalized spacial score (nSPS) is 20.4. The first-order chi connectivity index (χ1) is 14.6. The quantitative estimate of drug-likeness (QED) is 0.534. The van der Waals surface area contributed by atoms with E-state index in [0.29, 0.717) is 23.2 Å². The minimum atomic E-state index is -0.222. The number of piperidine rings is 1. The lowest BCUT2D eigenvalue weighted by Crippen LogP contribution is -2.41. The van der Waals surface area contributed by atoms with Crippen molar-refractivity contribution in [3.63, 3.8) is 0 Å². The van der Waals surface area contributed by atoms with E-state index in [4.69, 9.17) is 4.74 Å². The van der Waals surface area contributed by atoms with E-state index >= 15 is 0 Å². The van der Waals surface area contributed by atoms with Gasteiger partial charge in [0, 0.05) is 13.1 Å². The second-order valence-electron chi connectivity index (χ2n) is 7.34. The molecular formula is C24H24N2O3S. The molecule has 0 radical (unpaired) electrons. The van der Waals surface area contributed by atoms with E-state index in [-0.39, 0.29) is 17.8 Å². The third kappa shape index (κ3) is 4.65. The number of carbonyl (C=O) groups excluding carboxylic acids is 2. The molecule has 1 fully saturated rings. The van der Waals surface area contributed by atoms with Crippen LogP contribution in [0.5, 0.6) is 0 Å². The Balaban J connectivity index is 1.43. The van der Waals surface area contributed by atoms with E-state index < -0.39 is 0 Å². The molecule has 0 aromatic heterocycles. The molecule has 0 bridgehead atoms. The SMILES string of the molecule is CCOC(=O)C1CCCN(C2=NC(=O)/C(=C/c3ccc(-c4ccccc4)cc3)S2)C1. The van der Waals surface area contributed by atoms with Gasteiger partial charge in [-0.1, -0.05) is 54.6 Å². The number of carbonyl (C=O) groups is 2. The van der Waals surface area contributed by atoms with Crippen molar-refractivity contribution in [1.82, 2.24) is 4.90 Å². The number of amidine groups is 1. The summed E-state index contributed by atoms with van der Waals surface area (Å²) in [6, 6.07) is 18.3. The Bertz CT molecular complexity index is 983. The summed E-state index contributed by atoms with van der Waals surface area (Å²) < 4.78 is 5.16. The van der Waals surface area contributed by atoms with Crippen LogP contribution in [0.15, 0.2) is 64.5 Å². The van der Waals surface area contributed by atoms with Gasteiger partial charge in [-0.15, -0.1) is 0 Å². The fourth-order valence-electron chi connectivity index (χ4n) is 3.69. The van der Waals surface area contributed by atoms with Crippen LogP contribution in [0, 0.1) is 5.92 Å². The number of aliphatic imine (C=N–C) groups is 1. The topological polar surface area (TPSA) is 59.0 Å². The van der Waals surface area contributed by atoms with Gasteiger partial charge in [0.2, 0.25) is 0 Å². The Morgan fingerprint density at radius 2 is 1.90 bits per heavy atom. The highest BCUT2D eigenvalue weighted by atomic mass is 32.2. The molecule has 30 heavy (non-hydrogen) atoms. The van der Waals surface area contributed by atoms with E-state index in [1.165, 1.54) is 11.8 Å². The van der Waals surface area contributed by atoms with Crippen LogP contribution in [0.1, 0.15) is 25.3 Å². The van der Waals surface area contributed by atoms with Crippen molar-refractivity contribution in [3.05, 3.63) is 65.1 Å². The van der Waals surface area contributed by atoms with Gasteiger partial charge in [-0.05, 0) is 54.3 Å². The standard InChI is InChI=1S/C24H24N2O3S/c1-2-29-23(28)20-9-6-14-26(16-20)24-25-22(27)21(30-24)15-17-10-12-19(13-11-17)18-7-4-3-5-8-18/h3-5,7-8,10-13,15,20H,2,6,9,14,16H2,1H3/b21-15-. The van der Waals surface area contributed by atoms with Gasteiger partial charge in [0.25, 0.3) is 5.91 Å². The van der Waals surface area contributed by atoms with Gasteiger partial charge in [-0.25, -0.2) is 0 Å². The number of benzene rings is 2. The molecule has 1 saturated heterocycles. The van der Waals surface area contributed by atoms with Gasteiger partial charge in [-0.2, -0.15) is 4.99 Å². The Labute approximate surface area is 180 Å². The van der Waals surface area contributed by atoms with Gasteiger partial charge in [-0.3, -0.25) is 9.59 Å². The summed E-state index contributed by atoms with van der Waals surface area (Å²) in [5.74, 6) is -0.539. The van der Waals surface area contributed by atoms with Gasteiger partial charge in [0.15, 0.2) is 5.17 Å². The Morgan fingerprint density at radius 3 is 2.63 bits per heavy atom. The second-order valence-corrected chi connectivity index (χ2v) is 8.34. The van der Waals surface area contributed by atoms with Crippen molar-refractivity contribution in [2.75, 3.05) is 19.7 Å². The average Bonchev–Trinajstić information content (AvgIpc) is 3.15. The van der Waals surface area contributed by atoms with Gasteiger partial charge in [0.05, 0.1) is 17.4 Å². The first-order valence-corrected chi connectivity index (χ1v) is 11.1. The second kappa shape index (κ2) is 9.30. The summed E-state index contributed by atoms with van der Waals surface area (Å²) in [7, 11) is 0. The molecule has 2 aromatic carbocycles. The van der Waals surface area contributed by atoms with Crippen LogP contribution in [0.2, 0.25) is 0 Å². The van der Waals surface area contributed by atoms with E-state index in [9.17, 15) is 9.59 Å². The molecule has 2 aliphatic rings. The number of thioether (sulfide) groups is 1. The number of amides is 1. The van der Waals surface area contributed by atoms with E-state index in [1.54, 1.807) is 0 Å². The molecule has 0 spiro atoms. The number of esters is 1. The minimum Gasteiger partial charge on any atom is -0.466 e. The maximum atomic E-state index is 12.4. The summed E-state index contributed by atoms with van der Waals surface area (Å²) in [5, 5.41) is 0.682. The van der Waals surface area contributed by atoms with Gasteiger partial charge >= 0.3 is 5.97 Å². The van der Waals surface area contributed by atoms with E-state index in [1.807, 2.05) is 48.2 Å². The number of rotatable bonds is 4. The van der Waals surface area contributed by atoms with Crippen LogP contribution in [0.3, 0.4) is 0 Å². The molecular weight excluding hydrogens is 396 g/mol. The molecule has 2 heterocycles. The fourth-order valence-corrected chi connectivity index (χ4v) is 4.64. The minimum absolute atomic E-state index is 0.157. The molecule has 1 amide bonds.